The number of rotatable bonds is 3. The highest BCUT2D eigenvalue weighted by Crippen LogP contribution is 2.34. The van der Waals surface area contributed by atoms with Crippen LogP contribution in [0.5, 0.6) is 0 Å². The minimum atomic E-state index is -0.426. The summed E-state index contributed by atoms with van der Waals surface area (Å²) < 4.78 is 10.0. The number of hydrogen-bond donors (Lipinski definition) is 0. The monoisotopic (exact) mass is 286 g/mol. The van der Waals surface area contributed by atoms with Crippen LogP contribution in [0.1, 0.15) is 6.42 Å². The maximum absolute atomic E-state index is 12.2. The summed E-state index contributed by atoms with van der Waals surface area (Å²) in [5.74, 6) is -0.300. The lowest BCUT2D eigenvalue weighted by Crippen LogP contribution is -2.26. The van der Waals surface area contributed by atoms with E-state index in [1.165, 1.54) is 13.5 Å². The summed E-state index contributed by atoms with van der Waals surface area (Å²) in [7, 11) is 1.33. The van der Waals surface area contributed by atoms with Crippen LogP contribution >= 0.6 is 0 Å². The smallest absolute Gasteiger partial charge is 0.311 e. The number of benzene rings is 1. The summed E-state index contributed by atoms with van der Waals surface area (Å²) in [4.78, 5) is 29.3. The maximum Gasteiger partial charge on any atom is 0.311 e. The van der Waals surface area contributed by atoms with Crippen molar-refractivity contribution in [2.75, 3.05) is 18.6 Å². The summed E-state index contributed by atoms with van der Waals surface area (Å²) in [6.07, 6.45) is 3.10. The predicted octanol–water partition coefficient (Wildman–Crippen LogP) is 1.87. The molecule has 1 aliphatic rings. The molecule has 6 nitrogen and oxygen atoms in total. The summed E-state index contributed by atoms with van der Waals surface area (Å²) in [6.45, 7) is 0.316. The Morgan fingerprint density at radius 1 is 1.43 bits per heavy atom. The van der Waals surface area contributed by atoms with Gasteiger partial charge in [-0.2, -0.15) is 0 Å². The third-order valence-corrected chi connectivity index (χ3v) is 3.55. The number of para-hydroxylation sites is 1. The first-order chi connectivity index (χ1) is 10.2. The van der Waals surface area contributed by atoms with Gasteiger partial charge in [0, 0.05) is 18.5 Å². The van der Waals surface area contributed by atoms with Crippen molar-refractivity contribution in [2.45, 2.75) is 6.42 Å². The number of anilines is 1. The van der Waals surface area contributed by atoms with Crippen molar-refractivity contribution in [3.8, 4) is 11.3 Å². The Morgan fingerprint density at radius 2 is 2.24 bits per heavy atom. The molecule has 3 rings (SSSR count). The number of ether oxygens (including phenoxy) is 1. The first-order valence-corrected chi connectivity index (χ1v) is 6.57. The number of aromatic nitrogens is 1. The van der Waals surface area contributed by atoms with Gasteiger partial charge < -0.3 is 14.1 Å². The van der Waals surface area contributed by atoms with Gasteiger partial charge in [0.25, 0.3) is 0 Å². The Morgan fingerprint density at radius 3 is 2.95 bits per heavy atom. The van der Waals surface area contributed by atoms with Crippen LogP contribution in [0.2, 0.25) is 0 Å². The summed E-state index contributed by atoms with van der Waals surface area (Å²) in [5.41, 5.74) is 1.49. The minimum Gasteiger partial charge on any atom is -0.469 e. The lowest BCUT2D eigenvalue weighted by Gasteiger charge is -2.19. The number of hydrogen-bond acceptors (Lipinski definition) is 5. The molecule has 0 radical (unpaired) electrons. The van der Waals surface area contributed by atoms with Crippen LogP contribution in [0.15, 0.2) is 41.3 Å². The highest BCUT2D eigenvalue weighted by Gasteiger charge is 2.36. The van der Waals surface area contributed by atoms with Gasteiger partial charge in [0.2, 0.25) is 5.91 Å². The Balaban J connectivity index is 1.95. The molecular weight excluding hydrogens is 272 g/mol. The molecule has 1 unspecified atom stereocenters. The molecule has 21 heavy (non-hydrogen) atoms. The van der Waals surface area contributed by atoms with E-state index in [0.29, 0.717) is 18.0 Å². The highest BCUT2D eigenvalue weighted by atomic mass is 16.5. The van der Waals surface area contributed by atoms with Crippen molar-refractivity contribution in [1.29, 1.82) is 0 Å². The average molecular weight is 286 g/mol. The van der Waals surface area contributed by atoms with E-state index in [0.717, 1.165) is 5.56 Å². The quantitative estimate of drug-likeness (QED) is 0.805. The van der Waals surface area contributed by atoms with Crippen molar-refractivity contribution in [3.63, 3.8) is 0 Å². The van der Waals surface area contributed by atoms with Crippen molar-refractivity contribution < 1.29 is 18.7 Å². The van der Waals surface area contributed by atoms with E-state index in [2.05, 4.69) is 4.98 Å². The van der Waals surface area contributed by atoms with Gasteiger partial charge in [0.1, 0.15) is 0 Å². The van der Waals surface area contributed by atoms with E-state index < -0.39 is 5.92 Å². The van der Waals surface area contributed by atoms with Crippen molar-refractivity contribution >= 4 is 17.6 Å². The number of carbonyl (C=O) groups is 2. The zero-order valence-corrected chi connectivity index (χ0v) is 11.5. The van der Waals surface area contributed by atoms with Crippen LogP contribution in [-0.4, -0.2) is 30.5 Å². The molecule has 1 fully saturated rings. The molecule has 1 aromatic heterocycles. The number of nitrogens with zero attached hydrogens (tertiary/aromatic N) is 2. The zero-order chi connectivity index (χ0) is 14.8. The van der Waals surface area contributed by atoms with E-state index in [9.17, 15) is 9.59 Å². The van der Waals surface area contributed by atoms with Crippen LogP contribution in [0.3, 0.4) is 0 Å². The van der Waals surface area contributed by atoms with Gasteiger partial charge in [-0.3, -0.25) is 9.59 Å². The fraction of sp³-hybridized carbons (Fsp3) is 0.267. The Labute approximate surface area is 121 Å². The molecule has 6 heteroatoms. The van der Waals surface area contributed by atoms with Crippen LogP contribution in [0.25, 0.3) is 11.3 Å². The maximum atomic E-state index is 12.2. The molecule has 1 aliphatic heterocycles. The molecule has 1 atom stereocenters. The molecular formula is C15H14N2O4. The molecule has 0 aliphatic carbocycles. The number of methoxy groups -OCH3 is 1. The molecule has 0 bridgehead atoms. The topological polar surface area (TPSA) is 72.6 Å². The average Bonchev–Trinajstić information content (AvgIpc) is 3.16. The Hall–Kier alpha value is -2.63. The van der Waals surface area contributed by atoms with Crippen LogP contribution in [-0.2, 0) is 14.3 Å². The first kappa shape index (κ1) is 13.4. The molecule has 2 heterocycles. The minimum absolute atomic E-state index is 0.0997. The highest BCUT2D eigenvalue weighted by molar-refractivity contribution is 6.02. The van der Waals surface area contributed by atoms with Crippen LogP contribution in [0, 0.1) is 5.92 Å². The van der Waals surface area contributed by atoms with Gasteiger partial charge in [-0.1, -0.05) is 12.1 Å². The van der Waals surface area contributed by atoms with E-state index in [-0.39, 0.29) is 18.3 Å². The van der Waals surface area contributed by atoms with E-state index in [1.54, 1.807) is 11.1 Å². The van der Waals surface area contributed by atoms with Gasteiger partial charge in [-0.15, -0.1) is 0 Å². The molecule has 108 valence electrons. The first-order valence-electron chi connectivity index (χ1n) is 6.57. The van der Waals surface area contributed by atoms with Gasteiger partial charge >= 0.3 is 5.97 Å². The summed E-state index contributed by atoms with van der Waals surface area (Å²) in [5, 5.41) is 0. The number of oxazole rings is 1. The van der Waals surface area contributed by atoms with Crippen molar-refractivity contribution in [3.05, 3.63) is 36.9 Å². The molecule has 1 aromatic carbocycles. The predicted molar refractivity (Wildman–Crippen MR) is 74.4 cm³/mol. The van der Waals surface area contributed by atoms with Crippen molar-refractivity contribution in [2.24, 2.45) is 5.92 Å². The molecule has 0 spiro atoms. The molecule has 0 N–H and O–H groups in total. The van der Waals surface area contributed by atoms with Gasteiger partial charge in [-0.25, -0.2) is 4.98 Å². The molecule has 0 saturated carbocycles. The van der Waals surface area contributed by atoms with Gasteiger partial charge in [0.05, 0.1) is 24.9 Å². The Bertz CT molecular complexity index is 666. The number of amides is 1. The molecule has 1 saturated heterocycles. The second-order valence-corrected chi connectivity index (χ2v) is 4.81. The molecule has 2 aromatic rings. The van der Waals surface area contributed by atoms with E-state index in [1.807, 2.05) is 24.3 Å². The van der Waals surface area contributed by atoms with Crippen LogP contribution in [0.4, 0.5) is 5.69 Å². The standard InChI is InChI=1S/C15H14N2O4/c1-20-15(19)10-6-14(18)17(8-10)12-5-3-2-4-11(12)13-7-16-9-21-13/h2-5,7,9-10H,6,8H2,1H3. The molecule has 1 amide bonds. The number of carbonyl (C=O) groups excluding carboxylic acids is 2. The lowest BCUT2D eigenvalue weighted by molar-refractivity contribution is -0.145. The van der Waals surface area contributed by atoms with Crippen molar-refractivity contribution in [1.82, 2.24) is 4.98 Å². The van der Waals surface area contributed by atoms with Gasteiger partial charge in [-0.05, 0) is 12.1 Å². The fourth-order valence-electron chi connectivity index (χ4n) is 2.53. The van der Waals surface area contributed by atoms with E-state index >= 15 is 0 Å². The summed E-state index contributed by atoms with van der Waals surface area (Å²) >= 11 is 0. The third-order valence-electron chi connectivity index (χ3n) is 3.55. The zero-order valence-electron chi connectivity index (χ0n) is 11.5. The van der Waals surface area contributed by atoms with Crippen LogP contribution < -0.4 is 4.90 Å². The summed E-state index contributed by atoms with van der Waals surface area (Å²) in [6, 6.07) is 7.39. The SMILES string of the molecule is COC(=O)C1CC(=O)N(c2ccccc2-c2cnco2)C1. The van der Waals surface area contributed by atoms with E-state index in [4.69, 9.17) is 9.15 Å². The largest absolute Gasteiger partial charge is 0.469 e. The number of esters is 1. The fourth-order valence-corrected chi connectivity index (χ4v) is 2.53. The second kappa shape index (κ2) is 5.40. The third kappa shape index (κ3) is 2.40. The normalized spacial score (nSPS) is 18.0. The second-order valence-electron chi connectivity index (χ2n) is 4.81. The van der Waals surface area contributed by atoms with Gasteiger partial charge in [0.15, 0.2) is 12.2 Å². The lowest BCUT2D eigenvalue weighted by atomic mass is 10.1. The Kier molecular flexibility index (Phi) is 3.43.